The molecule has 1 fully saturated rings. The van der Waals surface area contributed by atoms with Gasteiger partial charge in [0.25, 0.3) is 0 Å². The molecule has 5 rings (SSSR count). The van der Waals surface area contributed by atoms with Crippen LogP contribution in [0.1, 0.15) is 58.6 Å². The van der Waals surface area contributed by atoms with Crippen molar-refractivity contribution in [2.45, 2.75) is 37.8 Å². The average Bonchev–Trinajstić information content (AvgIpc) is 3.29. The summed E-state index contributed by atoms with van der Waals surface area (Å²) >= 11 is 0. The van der Waals surface area contributed by atoms with E-state index >= 15 is 0 Å². The number of nitriles is 1. The van der Waals surface area contributed by atoms with Crippen LogP contribution < -0.4 is 0 Å². The first-order chi connectivity index (χ1) is 13.2. The van der Waals surface area contributed by atoms with Crippen LogP contribution in [0.15, 0.2) is 36.8 Å². The van der Waals surface area contributed by atoms with Gasteiger partial charge in [0.15, 0.2) is 0 Å². The maximum atomic E-state index is 9.33. The Kier molecular flexibility index (Phi) is 3.83. The molecule has 1 aliphatic carbocycles. The summed E-state index contributed by atoms with van der Waals surface area (Å²) in [5.41, 5.74) is 6.79. The summed E-state index contributed by atoms with van der Waals surface area (Å²) < 4.78 is 2.04. The first kappa shape index (κ1) is 16.3. The lowest BCUT2D eigenvalue weighted by Gasteiger charge is -2.35. The highest BCUT2D eigenvalue weighted by Gasteiger charge is 2.34. The Balaban J connectivity index is 1.54. The smallest absolute Gasteiger partial charge is 0.0991 e. The number of benzene rings is 1. The van der Waals surface area contributed by atoms with Gasteiger partial charge in [-0.05, 0) is 30.5 Å². The maximum Gasteiger partial charge on any atom is 0.0991 e. The van der Waals surface area contributed by atoms with Gasteiger partial charge in [0, 0.05) is 49.4 Å². The highest BCUT2D eigenvalue weighted by molar-refractivity contribution is 5.39. The van der Waals surface area contributed by atoms with Crippen LogP contribution in [0.25, 0.3) is 0 Å². The zero-order valence-corrected chi connectivity index (χ0v) is 15.4. The Morgan fingerprint density at radius 1 is 1.33 bits per heavy atom. The summed E-state index contributed by atoms with van der Waals surface area (Å²) in [5, 5.41) is 13.9. The van der Waals surface area contributed by atoms with E-state index in [1.165, 1.54) is 29.8 Å². The largest absolute Gasteiger partial charge is 0.348 e. The number of aryl methyl sites for hydroxylation is 1. The molecule has 0 radical (unpaired) electrons. The minimum absolute atomic E-state index is 0.0561. The number of aromatic nitrogens is 4. The average molecular weight is 358 g/mol. The van der Waals surface area contributed by atoms with E-state index in [1.54, 1.807) is 6.33 Å². The number of hydrogen-bond donors (Lipinski definition) is 1. The fraction of sp³-hybridized carbons (Fsp3) is 0.381. The first-order valence-corrected chi connectivity index (χ1v) is 9.51. The van der Waals surface area contributed by atoms with Crippen LogP contribution in [-0.4, -0.2) is 31.2 Å². The number of nitrogens with zero attached hydrogens (tertiary/aromatic N) is 5. The minimum Gasteiger partial charge on any atom is -0.348 e. The van der Waals surface area contributed by atoms with E-state index in [0.29, 0.717) is 11.5 Å². The van der Waals surface area contributed by atoms with Crippen molar-refractivity contribution in [2.75, 3.05) is 6.54 Å². The summed E-state index contributed by atoms with van der Waals surface area (Å²) in [6.07, 6.45) is 7.31. The van der Waals surface area contributed by atoms with Crippen molar-refractivity contribution >= 4 is 0 Å². The van der Waals surface area contributed by atoms with Crippen LogP contribution in [0.4, 0.5) is 0 Å². The second-order valence-corrected chi connectivity index (χ2v) is 7.58. The fourth-order valence-electron chi connectivity index (χ4n) is 4.36. The van der Waals surface area contributed by atoms with E-state index in [-0.39, 0.29) is 6.04 Å². The number of fused-ring (bicyclic) bond motifs is 1. The fourth-order valence-corrected chi connectivity index (χ4v) is 4.36. The van der Waals surface area contributed by atoms with Gasteiger partial charge in [0.2, 0.25) is 0 Å². The number of aromatic amines is 1. The lowest BCUT2D eigenvalue weighted by molar-refractivity contribution is 0.199. The van der Waals surface area contributed by atoms with Crippen molar-refractivity contribution in [2.24, 2.45) is 7.05 Å². The molecule has 2 aromatic heterocycles. The molecular weight excluding hydrogens is 336 g/mol. The van der Waals surface area contributed by atoms with Gasteiger partial charge in [-0.3, -0.25) is 9.58 Å². The summed E-state index contributed by atoms with van der Waals surface area (Å²) in [5.74, 6) is 0.665. The molecule has 3 aromatic rings. The lowest BCUT2D eigenvalue weighted by Crippen LogP contribution is -2.36. The van der Waals surface area contributed by atoms with E-state index in [2.05, 4.69) is 32.1 Å². The molecule has 1 N–H and O–H groups in total. The van der Waals surface area contributed by atoms with E-state index < -0.39 is 0 Å². The number of imidazole rings is 1. The predicted octanol–water partition coefficient (Wildman–Crippen LogP) is 3.04. The molecule has 1 atom stereocenters. The molecule has 0 spiro atoms. The quantitative estimate of drug-likeness (QED) is 0.778. The van der Waals surface area contributed by atoms with Crippen LogP contribution in [0, 0.1) is 11.3 Å². The van der Waals surface area contributed by atoms with Gasteiger partial charge >= 0.3 is 0 Å². The second kappa shape index (κ2) is 6.36. The van der Waals surface area contributed by atoms with E-state index in [9.17, 15) is 5.26 Å². The topological polar surface area (TPSA) is 73.5 Å². The molecule has 27 heavy (non-hydrogen) atoms. The van der Waals surface area contributed by atoms with Crippen LogP contribution in [-0.2, 0) is 20.0 Å². The summed E-state index contributed by atoms with van der Waals surface area (Å²) in [4.78, 5) is 10.4. The first-order valence-electron chi connectivity index (χ1n) is 9.51. The molecule has 6 heteroatoms. The molecule has 1 aliphatic heterocycles. The van der Waals surface area contributed by atoms with Gasteiger partial charge in [-0.2, -0.15) is 10.4 Å². The van der Waals surface area contributed by atoms with Gasteiger partial charge in [-0.25, -0.2) is 4.98 Å². The van der Waals surface area contributed by atoms with Crippen molar-refractivity contribution < 1.29 is 0 Å². The molecule has 3 heterocycles. The molecule has 6 nitrogen and oxygen atoms in total. The molecule has 0 amide bonds. The highest BCUT2D eigenvalue weighted by atomic mass is 15.3. The minimum atomic E-state index is 0.0561. The third-order valence-corrected chi connectivity index (χ3v) is 5.76. The Bertz CT molecular complexity index is 1020. The van der Waals surface area contributed by atoms with Crippen molar-refractivity contribution in [3.05, 3.63) is 70.6 Å². The van der Waals surface area contributed by atoms with E-state index in [4.69, 9.17) is 0 Å². The summed E-state index contributed by atoms with van der Waals surface area (Å²) in [6, 6.07) is 10.2. The zero-order valence-electron chi connectivity index (χ0n) is 15.4. The predicted molar refractivity (Wildman–Crippen MR) is 101 cm³/mol. The Morgan fingerprint density at radius 2 is 2.22 bits per heavy atom. The molecule has 2 aliphatic rings. The van der Waals surface area contributed by atoms with Crippen molar-refractivity contribution in [3.63, 3.8) is 0 Å². The van der Waals surface area contributed by atoms with Gasteiger partial charge in [0.1, 0.15) is 0 Å². The summed E-state index contributed by atoms with van der Waals surface area (Å²) in [6.45, 7) is 1.81. The number of hydrogen-bond acceptors (Lipinski definition) is 4. The van der Waals surface area contributed by atoms with Gasteiger partial charge in [0.05, 0.1) is 35.9 Å². The van der Waals surface area contributed by atoms with E-state index in [1.807, 2.05) is 36.1 Å². The van der Waals surface area contributed by atoms with Crippen molar-refractivity contribution in [1.29, 1.82) is 5.26 Å². The Labute approximate surface area is 158 Å². The summed E-state index contributed by atoms with van der Waals surface area (Å²) in [7, 11) is 2.05. The van der Waals surface area contributed by atoms with E-state index in [0.717, 1.165) is 30.8 Å². The van der Waals surface area contributed by atoms with Crippen molar-refractivity contribution in [1.82, 2.24) is 24.6 Å². The van der Waals surface area contributed by atoms with Gasteiger partial charge < -0.3 is 4.98 Å². The Morgan fingerprint density at radius 3 is 3.04 bits per heavy atom. The molecule has 0 saturated heterocycles. The number of H-pyrrole nitrogens is 1. The molecule has 136 valence electrons. The van der Waals surface area contributed by atoms with Crippen LogP contribution in [0.5, 0.6) is 0 Å². The molecule has 1 aromatic carbocycles. The normalized spacial score (nSPS) is 19.6. The standard InChI is InChI=1S/C21H22N6/c1-26-20(15-5-6-15)17(11-25-26)12-27-8-7-18-19(24-13-23-18)21(27)16-4-2-3-14(9-16)10-22/h2-4,9,11,13,15,21H,5-8,12H2,1H3,(H,23,24)/t21-/m1/s1. The molecular formula is C21H22N6. The second-order valence-electron chi connectivity index (χ2n) is 7.58. The third-order valence-electron chi connectivity index (χ3n) is 5.76. The van der Waals surface area contributed by atoms with Crippen LogP contribution in [0.3, 0.4) is 0 Å². The zero-order chi connectivity index (χ0) is 18.4. The van der Waals surface area contributed by atoms with Crippen LogP contribution in [0.2, 0.25) is 0 Å². The Hall–Kier alpha value is -2.91. The SMILES string of the molecule is Cn1ncc(CN2CCc3[nH]cnc3[C@H]2c2cccc(C#N)c2)c1C1CC1. The lowest BCUT2D eigenvalue weighted by atomic mass is 9.94. The van der Waals surface area contributed by atoms with Gasteiger partial charge in [-0.1, -0.05) is 12.1 Å². The molecule has 0 bridgehead atoms. The third kappa shape index (κ3) is 2.84. The number of nitrogens with one attached hydrogen (secondary N) is 1. The van der Waals surface area contributed by atoms with Crippen molar-refractivity contribution in [3.8, 4) is 6.07 Å². The molecule has 0 unspecified atom stereocenters. The van der Waals surface area contributed by atoms with Crippen LogP contribution >= 0.6 is 0 Å². The number of rotatable bonds is 4. The highest BCUT2D eigenvalue weighted by Crippen LogP contribution is 2.42. The monoisotopic (exact) mass is 358 g/mol. The maximum absolute atomic E-state index is 9.33. The molecule has 1 saturated carbocycles. The van der Waals surface area contributed by atoms with Gasteiger partial charge in [-0.15, -0.1) is 0 Å².